The van der Waals surface area contributed by atoms with Crippen LogP contribution in [0.1, 0.15) is 39.1 Å². The van der Waals surface area contributed by atoms with E-state index in [-0.39, 0.29) is 17.9 Å². The summed E-state index contributed by atoms with van der Waals surface area (Å²) in [4.78, 5) is 27.5. The third kappa shape index (κ3) is 5.56. The third-order valence-electron chi connectivity index (χ3n) is 7.06. The van der Waals surface area contributed by atoms with Crippen LogP contribution in [0.2, 0.25) is 5.02 Å². The van der Waals surface area contributed by atoms with E-state index in [1.807, 2.05) is 34.8 Å². The summed E-state index contributed by atoms with van der Waals surface area (Å²) in [5, 5.41) is 9.33. The van der Waals surface area contributed by atoms with Crippen molar-refractivity contribution in [3.8, 4) is 0 Å². The number of carbonyl (C=O) groups is 2. The molecule has 2 aliphatic heterocycles. The van der Waals surface area contributed by atoms with Crippen LogP contribution in [0.5, 0.6) is 0 Å². The van der Waals surface area contributed by atoms with Gasteiger partial charge >= 0.3 is 0 Å². The number of benzene rings is 2. The zero-order chi connectivity index (χ0) is 25.1. The van der Waals surface area contributed by atoms with Gasteiger partial charge in [0.2, 0.25) is 0 Å². The molecule has 2 amide bonds. The number of nitrogens with one attached hydrogen (secondary N) is 1. The van der Waals surface area contributed by atoms with Crippen molar-refractivity contribution in [3.63, 3.8) is 0 Å². The molecule has 0 bridgehead atoms. The van der Waals surface area contributed by atoms with Crippen molar-refractivity contribution >= 4 is 34.3 Å². The Morgan fingerprint density at radius 1 is 1.11 bits per heavy atom. The molecule has 2 aliphatic rings. The summed E-state index contributed by atoms with van der Waals surface area (Å²) in [6, 6.07) is 10.8. The Hall–Kier alpha value is -2.94. The number of ether oxygens (including phenoxy) is 2. The highest BCUT2D eigenvalue weighted by molar-refractivity contribution is 6.30. The summed E-state index contributed by atoms with van der Waals surface area (Å²) in [5.74, 6) is 0.377. The lowest BCUT2D eigenvalue weighted by Crippen LogP contribution is -2.39. The Morgan fingerprint density at radius 2 is 1.89 bits per heavy atom. The zero-order valence-electron chi connectivity index (χ0n) is 20.4. The molecule has 0 unspecified atom stereocenters. The molecule has 8 nitrogen and oxygen atoms in total. The Kier molecular flexibility index (Phi) is 7.55. The van der Waals surface area contributed by atoms with Crippen LogP contribution in [-0.2, 0) is 16.0 Å². The molecule has 9 heteroatoms. The lowest BCUT2D eigenvalue weighted by Gasteiger charge is -2.32. The number of nitrogens with zero attached hydrogens (tertiary/aromatic N) is 3. The normalized spacial score (nSPS) is 18.9. The number of rotatable bonds is 6. The molecule has 0 spiro atoms. The van der Waals surface area contributed by atoms with Gasteiger partial charge in [-0.2, -0.15) is 5.10 Å². The molecule has 1 aromatic heterocycles. The largest absolute Gasteiger partial charge is 0.376 e. The molecule has 0 aliphatic carbocycles. The number of aromatic nitrogens is 2. The number of hydrogen-bond donors (Lipinski definition) is 1. The average Bonchev–Trinajstić information content (AvgIpc) is 3.32. The van der Waals surface area contributed by atoms with E-state index in [1.54, 1.807) is 24.3 Å². The smallest absolute Gasteiger partial charge is 0.253 e. The second kappa shape index (κ2) is 11.0. The fourth-order valence-electron chi connectivity index (χ4n) is 4.93. The first kappa shape index (κ1) is 24.7. The van der Waals surface area contributed by atoms with E-state index in [0.29, 0.717) is 48.4 Å². The number of halogens is 1. The maximum atomic E-state index is 12.8. The summed E-state index contributed by atoms with van der Waals surface area (Å²) >= 11 is 5.94. The third-order valence-corrected chi connectivity index (χ3v) is 7.32. The van der Waals surface area contributed by atoms with Gasteiger partial charge in [-0.3, -0.25) is 14.3 Å². The first-order valence-electron chi connectivity index (χ1n) is 12.5. The number of fused-ring (bicyclic) bond motifs is 1. The summed E-state index contributed by atoms with van der Waals surface area (Å²) in [7, 11) is 0. The van der Waals surface area contributed by atoms with Crippen LogP contribution in [0.25, 0.3) is 10.9 Å². The van der Waals surface area contributed by atoms with E-state index in [0.717, 1.165) is 48.9 Å². The fourth-order valence-corrected chi connectivity index (χ4v) is 5.06. The lowest BCUT2D eigenvalue weighted by atomic mass is 9.96. The maximum Gasteiger partial charge on any atom is 0.253 e. The van der Waals surface area contributed by atoms with E-state index >= 15 is 0 Å². The van der Waals surface area contributed by atoms with E-state index in [2.05, 4.69) is 5.32 Å². The maximum absolute atomic E-state index is 12.8. The predicted octanol–water partition coefficient (Wildman–Crippen LogP) is 3.70. The van der Waals surface area contributed by atoms with Crippen molar-refractivity contribution < 1.29 is 19.1 Å². The van der Waals surface area contributed by atoms with Crippen LogP contribution < -0.4 is 5.32 Å². The van der Waals surface area contributed by atoms with Crippen LogP contribution in [0.3, 0.4) is 0 Å². The second-order valence-electron chi connectivity index (χ2n) is 9.54. The van der Waals surface area contributed by atoms with Gasteiger partial charge in [0, 0.05) is 53.9 Å². The average molecular weight is 511 g/mol. The van der Waals surface area contributed by atoms with Gasteiger partial charge in [0.05, 0.1) is 31.4 Å². The monoisotopic (exact) mass is 510 g/mol. The number of aryl methyl sites for hydroxylation is 1. The highest BCUT2D eigenvalue weighted by Gasteiger charge is 2.24. The van der Waals surface area contributed by atoms with Crippen molar-refractivity contribution in [2.24, 2.45) is 5.92 Å². The van der Waals surface area contributed by atoms with Gasteiger partial charge in [0.15, 0.2) is 0 Å². The molecule has 190 valence electrons. The van der Waals surface area contributed by atoms with Crippen LogP contribution in [0.15, 0.2) is 42.6 Å². The van der Waals surface area contributed by atoms with E-state index in [1.165, 1.54) is 0 Å². The number of amides is 2. The Labute approximate surface area is 215 Å². The highest BCUT2D eigenvalue weighted by Crippen LogP contribution is 2.25. The van der Waals surface area contributed by atoms with Crippen LogP contribution in [0.4, 0.5) is 0 Å². The summed E-state index contributed by atoms with van der Waals surface area (Å²) in [5.41, 5.74) is 3.11. The first-order chi connectivity index (χ1) is 17.5. The second-order valence-corrected chi connectivity index (χ2v) is 9.98. The Morgan fingerprint density at radius 3 is 2.61 bits per heavy atom. The predicted molar refractivity (Wildman–Crippen MR) is 137 cm³/mol. The molecule has 3 aromatic rings. The van der Waals surface area contributed by atoms with Gasteiger partial charge in [-0.05, 0) is 67.6 Å². The minimum Gasteiger partial charge on any atom is -0.376 e. The van der Waals surface area contributed by atoms with Crippen molar-refractivity contribution in [1.29, 1.82) is 0 Å². The number of hydrogen-bond acceptors (Lipinski definition) is 5. The highest BCUT2D eigenvalue weighted by atomic mass is 35.5. The summed E-state index contributed by atoms with van der Waals surface area (Å²) in [6.07, 6.45) is 3.78. The number of likely N-dealkylation sites (tertiary alicyclic amines) is 1. The Balaban J connectivity index is 1.18. The van der Waals surface area contributed by atoms with Crippen LogP contribution >= 0.6 is 11.6 Å². The van der Waals surface area contributed by atoms with Crippen LogP contribution in [-0.4, -0.2) is 72.1 Å². The molecule has 0 radical (unpaired) electrons. The summed E-state index contributed by atoms with van der Waals surface area (Å²) in [6.45, 7) is 6.29. The van der Waals surface area contributed by atoms with Crippen LogP contribution in [0, 0.1) is 12.8 Å². The molecular formula is C27H31ClN4O4. The molecule has 3 heterocycles. The molecule has 0 saturated carbocycles. The molecule has 5 rings (SSSR count). The minimum atomic E-state index is -0.117. The lowest BCUT2D eigenvalue weighted by molar-refractivity contribution is -0.0855. The quantitative estimate of drug-likeness (QED) is 0.546. The minimum absolute atomic E-state index is 0.0546. The van der Waals surface area contributed by atoms with Gasteiger partial charge < -0.3 is 19.7 Å². The van der Waals surface area contributed by atoms with E-state index in [4.69, 9.17) is 26.2 Å². The molecule has 2 fully saturated rings. The van der Waals surface area contributed by atoms with Crippen molar-refractivity contribution in [2.45, 2.75) is 32.4 Å². The first-order valence-corrected chi connectivity index (χ1v) is 12.8. The Bertz CT molecular complexity index is 1230. The van der Waals surface area contributed by atoms with Crippen molar-refractivity contribution in [1.82, 2.24) is 20.0 Å². The van der Waals surface area contributed by atoms with E-state index in [9.17, 15) is 9.59 Å². The fraction of sp³-hybridized carbons (Fsp3) is 0.444. The number of piperidine rings is 1. The summed E-state index contributed by atoms with van der Waals surface area (Å²) < 4.78 is 13.0. The molecule has 1 N–H and O–H groups in total. The van der Waals surface area contributed by atoms with E-state index < -0.39 is 0 Å². The molecule has 36 heavy (non-hydrogen) atoms. The standard InChI is InChI=1S/C27H31ClN4O4/c1-18-23(26(33)29-14-22-17-35-12-13-36-22)6-7-25-24(18)16-32(30-25)15-19-8-10-31(11-9-19)27(34)20-2-4-21(28)5-3-20/h2-7,16,19,22H,8-15,17H2,1H3,(H,29,33)/t22-/m1/s1. The van der Waals surface area contributed by atoms with Crippen molar-refractivity contribution in [2.75, 3.05) is 39.5 Å². The van der Waals surface area contributed by atoms with Gasteiger partial charge in [-0.1, -0.05) is 11.6 Å². The van der Waals surface area contributed by atoms with Gasteiger partial charge in [-0.25, -0.2) is 0 Å². The molecule has 2 saturated heterocycles. The molecule has 1 atom stereocenters. The van der Waals surface area contributed by atoms with Crippen molar-refractivity contribution in [3.05, 3.63) is 64.3 Å². The molecular weight excluding hydrogens is 480 g/mol. The molecule has 2 aromatic carbocycles. The zero-order valence-corrected chi connectivity index (χ0v) is 21.2. The van der Waals surface area contributed by atoms with Gasteiger partial charge in [0.1, 0.15) is 0 Å². The van der Waals surface area contributed by atoms with Gasteiger partial charge in [0.25, 0.3) is 11.8 Å². The topological polar surface area (TPSA) is 85.7 Å². The van der Waals surface area contributed by atoms with Gasteiger partial charge in [-0.15, -0.1) is 0 Å². The number of carbonyl (C=O) groups excluding carboxylic acids is 2. The SMILES string of the molecule is Cc1c(C(=O)NC[C@@H]2COCCO2)ccc2nn(CC3CCN(C(=O)c4ccc(Cl)cc4)CC3)cc12.